The molecule has 0 aromatic carbocycles. The van der Waals surface area contributed by atoms with Gasteiger partial charge in [-0.05, 0) is 36.8 Å². The molecule has 128 valence electrons. The molecular formula is C18H23N3O3. The number of carbonyl (C=O) groups excluding carboxylic acids is 2. The average Bonchev–Trinajstić information content (AvgIpc) is 3.28. The van der Waals surface area contributed by atoms with Crippen LogP contribution in [0.2, 0.25) is 0 Å². The average molecular weight is 329 g/mol. The number of amides is 2. The van der Waals surface area contributed by atoms with Crippen LogP contribution in [0, 0.1) is 17.8 Å². The van der Waals surface area contributed by atoms with E-state index < -0.39 is 0 Å². The maximum atomic E-state index is 12.9. The molecule has 2 amide bonds. The zero-order valence-electron chi connectivity index (χ0n) is 13.6. The van der Waals surface area contributed by atoms with E-state index in [9.17, 15) is 9.59 Å². The second-order valence-corrected chi connectivity index (χ2v) is 7.00. The zero-order valence-corrected chi connectivity index (χ0v) is 13.6. The number of furan rings is 1. The Morgan fingerprint density at radius 1 is 1.08 bits per heavy atom. The summed E-state index contributed by atoms with van der Waals surface area (Å²) in [4.78, 5) is 29.0. The second-order valence-electron chi connectivity index (χ2n) is 7.00. The summed E-state index contributed by atoms with van der Waals surface area (Å²) in [6.45, 7) is 2.43. The summed E-state index contributed by atoms with van der Waals surface area (Å²) in [5.74, 6) is 0.970. The van der Waals surface area contributed by atoms with E-state index in [1.54, 1.807) is 17.0 Å². The summed E-state index contributed by atoms with van der Waals surface area (Å²) >= 11 is 0. The minimum Gasteiger partial charge on any atom is -0.459 e. The smallest absolute Gasteiger partial charge is 0.289 e. The summed E-state index contributed by atoms with van der Waals surface area (Å²) in [6.07, 6.45) is 7.61. The Morgan fingerprint density at radius 3 is 2.54 bits per heavy atom. The van der Waals surface area contributed by atoms with Gasteiger partial charge in [0, 0.05) is 32.2 Å². The first-order valence-corrected chi connectivity index (χ1v) is 8.70. The number of carbonyl (C=O) groups is 2. The van der Waals surface area contributed by atoms with Crippen molar-refractivity contribution < 1.29 is 14.0 Å². The van der Waals surface area contributed by atoms with Crippen LogP contribution in [0.25, 0.3) is 0 Å². The van der Waals surface area contributed by atoms with E-state index in [2.05, 4.69) is 12.2 Å². The first kappa shape index (κ1) is 15.4. The van der Waals surface area contributed by atoms with Crippen molar-refractivity contribution in [1.82, 2.24) is 9.80 Å². The van der Waals surface area contributed by atoms with Gasteiger partial charge >= 0.3 is 0 Å². The molecule has 4 rings (SSSR count). The maximum absolute atomic E-state index is 12.9. The molecule has 24 heavy (non-hydrogen) atoms. The molecule has 2 aliphatic carbocycles. The van der Waals surface area contributed by atoms with Crippen molar-refractivity contribution >= 4 is 11.8 Å². The minimum absolute atomic E-state index is 0.0587. The third-order valence-corrected chi connectivity index (χ3v) is 5.63. The lowest BCUT2D eigenvalue weighted by molar-refractivity contribution is -0.136. The Labute approximate surface area is 141 Å². The zero-order chi connectivity index (χ0) is 16.7. The molecule has 0 unspecified atom stereocenters. The van der Waals surface area contributed by atoms with E-state index in [0.29, 0.717) is 43.8 Å². The topological polar surface area (TPSA) is 79.8 Å². The van der Waals surface area contributed by atoms with Gasteiger partial charge in [0.25, 0.3) is 5.91 Å². The summed E-state index contributed by atoms with van der Waals surface area (Å²) in [5.41, 5.74) is 6.27. The molecule has 1 aromatic heterocycles. The summed E-state index contributed by atoms with van der Waals surface area (Å²) < 4.78 is 5.20. The number of nitrogens with zero attached hydrogens (tertiary/aromatic N) is 2. The lowest BCUT2D eigenvalue weighted by Gasteiger charge is -2.30. The van der Waals surface area contributed by atoms with Crippen LogP contribution in [0.4, 0.5) is 0 Å². The van der Waals surface area contributed by atoms with E-state index in [1.165, 1.54) is 6.26 Å². The third-order valence-electron chi connectivity index (χ3n) is 5.63. The molecule has 0 radical (unpaired) electrons. The molecule has 3 aliphatic rings. The summed E-state index contributed by atoms with van der Waals surface area (Å²) in [5, 5.41) is 0. The molecule has 1 saturated carbocycles. The number of nitrogens with two attached hydrogens (primary N) is 1. The molecule has 2 fully saturated rings. The highest BCUT2D eigenvalue weighted by Crippen LogP contribution is 2.43. The summed E-state index contributed by atoms with van der Waals surface area (Å²) in [7, 11) is 0. The highest BCUT2D eigenvalue weighted by Gasteiger charge is 2.47. The molecule has 0 spiro atoms. The molecule has 1 saturated heterocycles. The molecule has 2 bridgehead atoms. The van der Waals surface area contributed by atoms with Crippen molar-refractivity contribution in [2.24, 2.45) is 23.5 Å². The molecule has 6 heteroatoms. The molecule has 6 nitrogen and oxygen atoms in total. The second kappa shape index (κ2) is 6.09. The minimum atomic E-state index is -0.103. The van der Waals surface area contributed by atoms with Gasteiger partial charge in [-0.25, -0.2) is 0 Å². The van der Waals surface area contributed by atoms with Gasteiger partial charge in [-0.3, -0.25) is 9.59 Å². The van der Waals surface area contributed by atoms with Crippen LogP contribution in [-0.2, 0) is 4.79 Å². The van der Waals surface area contributed by atoms with Crippen molar-refractivity contribution in [3.05, 3.63) is 36.3 Å². The van der Waals surface area contributed by atoms with Crippen LogP contribution in [-0.4, -0.2) is 53.8 Å². The van der Waals surface area contributed by atoms with Crippen molar-refractivity contribution in [2.45, 2.75) is 18.9 Å². The predicted octanol–water partition coefficient (Wildman–Crippen LogP) is 1.10. The molecular weight excluding hydrogens is 306 g/mol. The van der Waals surface area contributed by atoms with E-state index in [4.69, 9.17) is 10.2 Å². The van der Waals surface area contributed by atoms with E-state index in [0.717, 1.165) is 12.8 Å². The fourth-order valence-corrected chi connectivity index (χ4v) is 4.32. The lowest BCUT2D eigenvalue weighted by Crippen LogP contribution is -2.47. The van der Waals surface area contributed by atoms with Gasteiger partial charge < -0.3 is 20.0 Å². The number of allylic oxidation sites excluding steroid dienone is 1. The number of rotatable bonds is 2. The van der Waals surface area contributed by atoms with Crippen molar-refractivity contribution in [1.29, 1.82) is 0 Å². The van der Waals surface area contributed by atoms with Gasteiger partial charge in [-0.2, -0.15) is 0 Å². The molecule has 1 aliphatic heterocycles. The fourth-order valence-electron chi connectivity index (χ4n) is 4.32. The van der Waals surface area contributed by atoms with Gasteiger partial charge in [-0.15, -0.1) is 0 Å². The predicted molar refractivity (Wildman–Crippen MR) is 88.0 cm³/mol. The van der Waals surface area contributed by atoms with Crippen LogP contribution in [0.15, 0.2) is 35.0 Å². The first-order chi connectivity index (χ1) is 11.6. The highest BCUT2D eigenvalue weighted by atomic mass is 16.3. The van der Waals surface area contributed by atoms with E-state index in [-0.39, 0.29) is 23.8 Å². The Kier molecular flexibility index (Phi) is 3.92. The van der Waals surface area contributed by atoms with Crippen molar-refractivity contribution in [2.75, 3.05) is 26.2 Å². The van der Waals surface area contributed by atoms with Gasteiger partial charge in [0.1, 0.15) is 0 Å². The monoisotopic (exact) mass is 329 g/mol. The van der Waals surface area contributed by atoms with Gasteiger partial charge in [0.2, 0.25) is 5.91 Å². The lowest BCUT2D eigenvalue weighted by atomic mass is 9.88. The van der Waals surface area contributed by atoms with Crippen LogP contribution in [0.5, 0.6) is 0 Å². The van der Waals surface area contributed by atoms with Crippen LogP contribution in [0.1, 0.15) is 23.4 Å². The number of fused-ring (bicyclic) bond motifs is 2. The van der Waals surface area contributed by atoms with Crippen LogP contribution >= 0.6 is 0 Å². The Hall–Kier alpha value is -2.08. The Bertz CT molecular complexity index is 654. The largest absolute Gasteiger partial charge is 0.459 e. The van der Waals surface area contributed by atoms with Crippen LogP contribution < -0.4 is 5.73 Å². The molecule has 2 N–H and O–H groups in total. The normalized spacial score (nSPS) is 32.2. The number of hydrogen-bond acceptors (Lipinski definition) is 4. The van der Waals surface area contributed by atoms with Gasteiger partial charge in [0.15, 0.2) is 5.76 Å². The number of hydrogen-bond donors (Lipinski definition) is 1. The van der Waals surface area contributed by atoms with E-state index >= 15 is 0 Å². The fraction of sp³-hybridized carbons (Fsp3) is 0.556. The maximum Gasteiger partial charge on any atom is 0.289 e. The Morgan fingerprint density at radius 2 is 1.83 bits per heavy atom. The third kappa shape index (κ3) is 2.55. The van der Waals surface area contributed by atoms with E-state index in [1.807, 2.05) is 4.90 Å². The van der Waals surface area contributed by atoms with Gasteiger partial charge in [-0.1, -0.05) is 12.2 Å². The quantitative estimate of drug-likeness (QED) is 0.824. The highest BCUT2D eigenvalue weighted by molar-refractivity contribution is 5.91. The molecule has 1 aromatic rings. The van der Waals surface area contributed by atoms with Crippen LogP contribution in [0.3, 0.4) is 0 Å². The SMILES string of the molecule is N[C@@H]1[C@H](C(=O)N2CCCN(C(=O)c3ccco3)CC2)[C@@H]2C=C[C@H]1C2. The van der Waals surface area contributed by atoms with Crippen molar-refractivity contribution in [3.8, 4) is 0 Å². The first-order valence-electron chi connectivity index (χ1n) is 8.70. The van der Waals surface area contributed by atoms with Crippen molar-refractivity contribution in [3.63, 3.8) is 0 Å². The summed E-state index contributed by atoms with van der Waals surface area (Å²) in [6, 6.07) is 3.33. The van der Waals surface area contributed by atoms with Gasteiger partial charge in [0.05, 0.1) is 12.2 Å². The Balaban J connectivity index is 1.41. The molecule has 2 heterocycles. The molecule has 4 atom stereocenters. The standard InChI is InChI=1S/C18H23N3O3/c19-16-13-5-4-12(11-13)15(16)18(23)21-7-2-6-20(8-9-21)17(22)14-3-1-10-24-14/h1,3-5,10,12-13,15-16H,2,6-9,11,19H2/t12-,13+,15-,16+/m1/s1.